The molecule has 15 aliphatic heterocycles. The van der Waals surface area contributed by atoms with Gasteiger partial charge in [-0.2, -0.15) is 0 Å². The zero-order valence-corrected chi connectivity index (χ0v) is 66.3. The first-order chi connectivity index (χ1) is 51.8. The summed E-state index contributed by atoms with van der Waals surface area (Å²) in [6.45, 7) is 12.2. The van der Waals surface area contributed by atoms with E-state index in [1.807, 2.05) is 30.1 Å². The lowest BCUT2D eigenvalue weighted by atomic mass is 9.48. The van der Waals surface area contributed by atoms with Crippen molar-refractivity contribution in [1.29, 1.82) is 0 Å². The van der Waals surface area contributed by atoms with Gasteiger partial charge in [0.2, 0.25) is 0 Å². The molecular formula is C92H111N12O2S+5. The Bertz CT molecular complexity index is 4840. The molecule has 15 fully saturated rings. The highest BCUT2D eigenvalue weighted by atomic mass is 32.1. The van der Waals surface area contributed by atoms with E-state index in [0.717, 1.165) is 0 Å². The molecule has 15 aliphatic carbocycles. The van der Waals surface area contributed by atoms with Gasteiger partial charge in [0, 0.05) is 123 Å². The molecule has 10 aromatic rings. The van der Waals surface area contributed by atoms with E-state index in [-0.39, 0.29) is 33.1 Å². The SMILES string of the molecule is CC1N(c2cccc[n+]2C)C23CCC1(CC2)c1c3ccn1C.CC1N(c2cccc[n+]2C)C23CCC1(CC2)c1cn(C)cc13.CC1N(c2cccc[n+]2C)C23CCC1(CC2)c1cocc13.CC1N(c2cccc[n+]2C)C23CCC1(CC2)c1occc13.CC1N(c2cccc[n+]2C)C23CCC1(CC2)c1sccc13. The van der Waals surface area contributed by atoms with Crippen LogP contribution in [0.15, 0.2) is 192 Å². The summed E-state index contributed by atoms with van der Waals surface area (Å²) >= 11 is 2.01. The van der Waals surface area contributed by atoms with Crippen LogP contribution in [-0.4, -0.2) is 39.3 Å². The van der Waals surface area contributed by atoms with Crippen molar-refractivity contribution in [3.05, 3.63) is 238 Å². The molecule has 0 radical (unpaired) electrons. The van der Waals surface area contributed by atoms with Crippen LogP contribution in [0.2, 0.25) is 0 Å². The largest absolute Gasteiger partial charge is 0.472 e. The molecule has 0 spiro atoms. The van der Waals surface area contributed by atoms with E-state index < -0.39 is 0 Å². The Morgan fingerprint density at radius 1 is 0.346 bits per heavy atom. The van der Waals surface area contributed by atoms with Gasteiger partial charge in [0.25, 0.3) is 29.1 Å². The number of hydrogen-bond acceptors (Lipinski definition) is 8. The Balaban J connectivity index is 0.0000000857. The fourth-order valence-corrected chi connectivity index (χ4v) is 29.5. The minimum absolute atomic E-state index is 0.154. The standard InChI is InChI=1S/2C19H24N3.2C18H21N2O.C18H21N2S/c1-14-18-8-10-19(11-9-18,15-7-13-21(3)17(15)18)22(14)16-6-4-5-12-20(16)2;1-14-18-7-9-19(10-8-18,16-13-20(2)12-15(16)18)22(14)17-6-4-5-11-21(17)3;1-13-17-7-9-18(10-8-17,14-6-12-21-16(14)17)20(13)15-5-3-4-11-19(15)2;1-13-17-6-8-18(9-7-17,15-12-21-11-14(15)17)20(13)16-5-3-4-10-19(16)2;1-13-17-7-9-18(10-8-17,14-6-12-21-16(14)17)20(13)15-5-3-4-11-19(15)2/h4-7,12-14H,8-11H2,1-3H3;4-6,11-14H,7-10H2,1-3H3;3-6,11-13H,7-10H2,1-2H3;3-5,10-13H,6-9H2,1-2H3;3-6,11-13H,7-10H2,1-2H3/q5*+1. The predicted molar refractivity (Wildman–Crippen MR) is 419 cm³/mol. The van der Waals surface area contributed by atoms with Gasteiger partial charge < -0.3 is 18.0 Å². The summed E-state index contributed by atoms with van der Waals surface area (Å²) in [4.78, 5) is 15.4. The van der Waals surface area contributed by atoms with Crippen molar-refractivity contribution in [1.82, 2.24) is 9.13 Å². The van der Waals surface area contributed by atoms with Gasteiger partial charge in [0.15, 0.2) is 0 Å². The Morgan fingerprint density at radius 3 is 1.17 bits per heavy atom. The molecule has 0 amide bonds. The first kappa shape index (κ1) is 66.7. The molecule has 10 aromatic heterocycles. The molecule has 552 valence electrons. The number of rotatable bonds is 5. The highest BCUT2D eigenvalue weighted by Gasteiger charge is 2.75. The van der Waals surface area contributed by atoms with E-state index in [1.54, 1.807) is 32.8 Å². The van der Waals surface area contributed by atoms with Crippen LogP contribution in [-0.2, 0) is 104 Å². The summed E-state index contributed by atoms with van der Waals surface area (Å²) in [5.41, 5.74) is 15.2. The van der Waals surface area contributed by atoms with Gasteiger partial charge in [0.05, 0.1) is 95.8 Å². The minimum atomic E-state index is 0.154. The molecule has 15 heteroatoms. The second-order valence-electron chi connectivity index (χ2n) is 36.5. The average molecular weight is 1450 g/mol. The zero-order chi connectivity index (χ0) is 73.0. The number of aryl methyl sites for hydroxylation is 7. The van der Waals surface area contributed by atoms with Crippen LogP contribution in [0.25, 0.3) is 0 Å². The summed E-state index contributed by atoms with van der Waals surface area (Å²) in [6, 6.07) is 42.7. The molecule has 5 atom stereocenters. The quantitative estimate of drug-likeness (QED) is 0.159. The highest BCUT2D eigenvalue weighted by molar-refractivity contribution is 7.10. The monoisotopic (exact) mass is 1450 g/mol. The Labute approximate surface area is 637 Å². The number of thiophene rings is 1. The van der Waals surface area contributed by atoms with Crippen molar-refractivity contribution in [2.45, 2.75) is 248 Å². The lowest BCUT2D eigenvalue weighted by Crippen LogP contribution is -2.73. The number of pyridine rings is 5. The van der Waals surface area contributed by atoms with Crippen LogP contribution in [0, 0.1) is 0 Å². The summed E-state index contributed by atoms with van der Waals surface area (Å²) < 4.78 is 27.7. The number of piperidine rings is 10. The van der Waals surface area contributed by atoms with Crippen molar-refractivity contribution in [3.8, 4) is 0 Å². The number of aromatic nitrogens is 7. The molecule has 0 N–H and O–H groups in total. The van der Waals surface area contributed by atoms with Gasteiger partial charge in [-0.25, -0.2) is 47.3 Å². The Morgan fingerprint density at radius 2 is 0.701 bits per heavy atom. The maximum Gasteiger partial charge on any atom is 0.277 e. The summed E-state index contributed by atoms with van der Waals surface area (Å²) in [5.74, 6) is 8.08. The number of hydrogen-bond donors (Lipinski definition) is 0. The van der Waals surface area contributed by atoms with E-state index in [2.05, 4.69) is 305 Å². The molecule has 10 saturated heterocycles. The third kappa shape index (κ3) is 8.11. The van der Waals surface area contributed by atoms with Crippen molar-refractivity contribution in [3.63, 3.8) is 0 Å². The minimum Gasteiger partial charge on any atom is -0.472 e. The highest BCUT2D eigenvalue weighted by Crippen LogP contribution is 2.72. The van der Waals surface area contributed by atoms with Crippen LogP contribution in [0.3, 0.4) is 0 Å². The smallest absolute Gasteiger partial charge is 0.277 e. The van der Waals surface area contributed by atoms with Crippen molar-refractivity contribution >= 4 is 40.4 Å². The molecule has 0 aromatic carbocycles. The summed E-state index contributed by atoms with van der Waals surface area (Å²) in [7, 11) is 15.3. The normalized spacial score (nSPS) is 35.7. The van der Waals surface area contributed by atoms with Crippen LogP contribution in [0.5, 0.6) is 0 Å². The van der Waals surface area contributed by atoms with E-state index in [9.17, 15) is 0 Å². The van der Waals surface area contributed by atoms with E-state index in [0.29, 0.717) is 51.9 Å². The molecule has 10 bridgehead atoms. The summed E-state index contributed by atoms with van der Waals surface area (Å²) in [6.07, 6.45) is 50.2. The molecule has 25 heterocycles. The average Bonchev–Trinajstić information content (AvgIpc) is 1.69. The van der Waals surface area contributed by atoms with Gasteiger partial charge in [-0.3, -0.25) is 0 Å². The third-order valence-electron chi connectivity index (χ3n) is 33.4. The fraction of sp³-hybridized carbons (Fsp3) is 0.511. The first-order valence-corrected chi connectivity index (χ1v) is 41.9. The second kappa shape index (κ2) is 22.6. The van der Waals surface area contributed by atoms with Crippen molar-refractivity contribution in [2.24, 2.45) is 49.3 Å². The molecule has 5 saturated carbocycles. The first-order valence-electron chi connectivity index (χ1n) is 41.0. The molecule has 107 heavy (non-hydrogen) atoms. The Hall–Kier alpha value is -8.43. The van der Waals surface area contributed by atoms with Gasteiger partial charge in [0.1, 0.15) is 63.7 Å². The van der Waals surface area contributed by atoms with Gasteiger partial charge in [-0.15, -0.1) is 11.3 Å². The molecular weight excluding hydrogens is 1340 g/mol. The maximum absolute atomic E-state index is 5.96. The zero-order valence-electron chi connectivity index (χ0n) is 65.4. The van der Waals surface area contributed by atoms with Crippen molar-refractivity contribution < 1.29 is 31.7 Å². The van der Waals surface area contributed by atoms with Crippen LogP contribution < -0.4 is 47.3 Å². The topological polar surface area (TPSA) is 71.7 Å². The summed E-state index contributed by atoms with van der Waals surface area (Å²) in [5, 5.41) is 2.33. The van der Waals surface area contributed by atoms with E-state index in [1.165, 1.54) is 180 Å². The van der Waals surface area contributed by atoms with Gasteiger partial charge in [-0.05, 0) is 223 Å². The van der Waals surface area contributed by atoms with E-state index in [4.69, 9.17) is 8.83 Å². The lowest BCUT2D eigenvalue weighted by molar-refractivity contribution is -0.660. The fourth-order valence-electron chi connectivity index (χ4n) is 28.1. The molecule has 14 nitrogen and oxygen atoms in total. The van der Waals surface area contributed by atoms with Gasteiger partial charge in [-0.1, -0.05) is 30.3 Å². The Kier molecular flexibility index (Phi) is 14.1. The molecule has 40 rings (SSSR count). The van der Waals surface area contributed by atoms with Crippen LogP contribution in [0.4, 0.5) is 29.1 Å². The molecule has 5 unspecified atom stereocenters. The van der Waals surface area contributed by atoms with Crippen LogP contribution in [0.1, 0.15) is 218 Å². The third-order valence-corrected chi connectivity index (χ3v) is 34.6. The van der Waals surface area contributed by atoms with Gasteiger partial charge >= 0.3 is 0 Å². The maximum atomic E-state index is 5.96. The van der Waals surface area contributed by atoms with Crippen LogP contribution >= 0.6 is 11.3 Å². The second-order valence-corrected chi connectivity index (χ2v) is 37.4. The predicted octanol–water partition coefficient (Wildman–Crippen LogP) is 15.1. The van der Waals surface area contributed by atoms with E-state index >= 15 is 0 Å². The number of anilines is 5. The number of furan rings is 2. The lowest BCUT2D eigenvalue weighted by Gasteiger charge is -2.65. The number of nitrogens with zero attached hydrogens (tertiary/aromatic N) is 12. The molecule has 30 aliphatic rings. The van der Waals surface area contributed by atoms with Crippen molar-refractivity contribution in [2.75, 3.05) is 24.5 Å².